The highest BCUT2D eigenvalue weighted by atomic mass is 35.5. The first-order valence-corrected chi connectivity index (χ1v) is 7.50. The van der Waals surface area contributed by atoms with Crippen molar-refractivity contribution < 1.29 is 12.8 Å². The lowest BCUT2D eigenvalue weighted by Crippen LogP contribution is -2.15. The van der Waals surface area contributed by atoms with Crippen LogP contribution in [0.25, 0.3) is 0 Å². The van der Waals surface area contributed by atoms with Gasteiger partial charge >= 0.3 is 0 Å². The molecule has 0 aromatic heterocycles. The predicted octanol–water partition coefficient (Wildman–Crippen LogP) is 3.17. The van der Waals surface area contributed by atoms with Crippen LogP contribution >= 0.6 is 11.6 Å². The highest BCUT2D eigenvalue weighted by Gasteiger charge is 2.20. The molecule has 0 bridgehead atoms. The first-order chi connectivity index (χ1) is 9.31. The van der Waals surface area contributed by atoms with Gasteiger partial charge in [0.1, 0.15) is 10.7 Å². The summed E-state index contributed by atoms with van der Waals surface area (Å²) in [5.74, 6) is -0.869. The molecule has 0 unspecified atom stereocenters. The van der Waals surface area contributed by atoms with E-state index < -0.39 is 20.7 Å². The molecule has 0 saturated heterocycles. The molecule has 0 aliphatic carbocycles. The Morgan fingerprint density at radius 3 is 2.65 bits per heavy atom. The van der Waals surface area contributed by atoms with E-state index >= 15 is 0 Å². The number of sulfonamides is 1. The Labute approximate surface area is 121 Å². The van der Waals surface area contributed by atoms with Crippen LogP contribution in [0.2, 0.25) is 5.02 Å². The van der Waals surface area contributed by atoms with Crippen molar-refractivity contribution in [3.63, 3.8) is 0 Å². The van der Waals surface area contributed by atoms with Gasteiger partial charge in [-0.3, -0.25) is 4.72 Å². The molecule has 0 spiro atoms. The number of anilines is 2. The van der Waals surface area contributed by atoms with Crippen molar-refractivity contribution in [1.82, 2.24) is 0 Å². The molecule has 0 fully saturated rings. The maximum Gasteiger partial charge on any atom is 0.264 e. The monoisotopic (exact) mass is 314 g/mol. The minimum absolute atomic E-state index is 0.162. The van der Waals surface area contributed by atoms with E-state index in [-0.39, 0.29) is 5.69 Å². The summed E-state index contributed by atoms with van der Waals surface area (Å²) in [6.07, 6.45) is 0. The smallest absolute Gasteiger partial charge is 0.264 e. The number of nitrogen functional groups attached to an aromatic ring is 1. The topological polar surface area (TPSA) is 72.2 Å². The van der Waals surface area contributed by atoms with E-state index in [0.717, 1.165) is 12.1 Å². The molecule has 2 aromatic carbocycles. The molecule has 7 heteroatoms. The summed E-state index contributed by atoms with van der Waals surface area (Å²) < 4.78 is 40.3. The van der Waals surface area contributed by atoms with E-state index in [0.29, 0.717) is 16.3 Å². The van der Waals surface area contributed by atoms with Crippen molar-refractivity contribution in [2.45, 2.75) is 11.8 Å². The number of nitrogens with two attached hydrogens (primary N) is 1. The number of hydrogen-bond acceptors (Lipinski definition) is 3. The van der Waals surface area contributed by atoms with Gasteiger partial charge in [-0.05, 0) is 42.8 Å². The molecule has 0 amide bonds. The van der Waals surface area contributed by atoms with E-state index in [1.807, 2.05) is 0 Å². The van der Waals surface area contributed by atoms with Crippen molar-refractivity contribution in [2.75, 3.05) is 10.5 Å². The molecule has 2 rings (SSSR count). The van der Waals surface area contributed by atoms with Crippen LogP contribution in [0.15, 0.2) is 41.3 Å². The third-order valence-corrected chi connectivity index (χ3v) is 4.55. The van der Waals surface area contributed by atoms with Crippen molar-refractivity contribution in [3.8, 4) is 0 Å². The van der Waals surface area contributed by atoms with Gasteiger partial charge in [0.2, 0.25) is 0 Å². The fraction of sp³-hybridized carbons (Fsp3) is 0.0769. The number of halogens is 2. The minimum atomic E-state index is -4.07. The minimum Gasteiger partial charge on any atom is -0.399 e. The van der Waals surface area contributed by atoms with Gasteiger partial charge in [-0.15, -0.1) is 0 Å². The van der Waals surface area contributed by atoms with Gasteiger partial charge in [-0.2, -0.15) is 0 Å². The van der Waals surface area contributed by atoms with Gasteiger partial charge in [-0.1, -0.05) is 17.7 Å². The van der Waals surface area contributed by atoms with Gasteiger partial charge < -0.3 is 5.73 Å². The zero-order chi connectivity index (χ0) is 14.9. The van der Waals surface area contributed by atoms with Gasteiger partial charge in [0, 0.05) is 10.7 Å². The van der Waals surface area contributed by atoms with Crippen molar-refractivity contribution >= 4 is 33.0 Å². The lowest BCUT2D eigenvalue weighted by Gasteiger charge is -2.12. The molecule has 0 saturated carbocycles. The van der Waals surface area contributed by atoms with Gasteiger partial charge in [0.05, 0.1) is 5.69 Å². The Morgan fingerprint density at radius 1 is 1.25 bits per heavy atom. The van der Waals surface area contributed by atoms with E-state index in [9.17, 15) is 12.8 Å². The molecule has 106 valence electrons. The third-order valence-electron chi connectivity index (χ3n) is 2.76. The van der Waals surface area contributed by atoms with Crippen LogP contribution in [-0.4, -0.2) is 8.42 Å². The van der Waals surface area contributed by atoms with Crippen molar-refractivity contribution in [3.05, 3.63) is 52.8 Å². The van der Waals surface area contributed by atoms with Crippen LogP contribution < -0.4 is 10.5 Å². The van der Waals surface area contributed by atoms with Gasteiger partial charge in [0.15, 0.2) is 0 Å². The van der Waals surface area contributed by atoms with E-state index in [1.165, 1.54) is 6.07 Å². The highest BCUT2D eigenvalue weighted by Crippen LogP contribution is 2.26. The second kappa shape index (κ2) is 5.30. The summed E-state index contributed by atoms with van der Waals surface area (Å²) in [6, 6.07) is 8.15. The Balaban J connectivity index is 2.46. The van der Waals surface area contributed by atoms with E-state index in [1.54, 1.807) is 25.1 Å². The Morgan fingerprint density at radius 2 is 1.95 bits per heavy atom. The quantitative estimate of drug-likeness (QED) is 0.855. The van der Waals surface area contributed by atoms with Crippen molar-refractivity contribution in [2.24, 2.45) is 0 Å². The first-order valence-electron chi connectivity index (χ1n) is 5.64. The third kappa shape index (κ3) is 2.86. The fourth-order valence-corrected chi connectivity index (χ4v) is 3.05. The SMILES string of the molecule is Cc1c(Cl)cccc1NS(=O)(=O)c1cc(N)ccc1F. The standard InChI is InChI=1S/C13H12ClFN2O2S/c1-8-10(14)3-2-4-12(8)17-20(18,19)13-7-9(16)5-6-11(13)15/h2-7,17H,16H2,1H3. The zero-order valence-electron chi connectivity index (χ0n) is 10.5. The van der Waals surface area contributed by atoms with E-state index in [2.05, 4.69) is 4.72 Å². The largest absolute Gasteiger partial charge is 0.399 e. The molecule has 0 heterocycles. The molecule has 0 atom stereocenters. The second-order valence-corrected chi connectivity index (χ2v) is 6.27. The summed E-state index contributed by atoms with van der Waals surface area (Å²) in [7, 11) is -4.07. The fourth-order valence-electron chi connectivity index (χ4n) is 1.64. The molecule has 2 aromatic rings. The summed E-state index contributed by atoms with van der Waals surface area (Å²) in [4.78, 5) is -0.503. The first kappa shape index (κ1) is 14.6. The molecule has 20 heavy (non-hydrogen) atoms. The highest BCUT2D eigenvalue weighted by molar-refractivity contribution is 7.92. The maximum absolute atomic E-state index is 13.6. The molecule has 0 aliphatic heterocycles. The second-order valence-electron chi connectivity index (χ2n) is 4.21. The number of rotatable bonds is 3. The van der Waals surface area contributed by atoms with E-state index in [4.69, 9.17) is 17.3 Å². The lowest BCUT2D eigenvalue weighted by molar-refractivity contribution is 0.570. The number of hydrogen-bond donors (Lipinski definition) is 2. The molecule has 0 aliphatic rings. The summed E-state index contributed by atoms with van der Waals surface area (Å²) in [6.45, 7) is 1.66. The Hall–Kier alpha value is -1.79. The number of benzene rings is 2. The molecule has 3 N–H and O–H groups in total. The summed E-state index contributed by atoms with van der Waals surface area (Å²) in [5, 5.41) is 0.415. The summed E-state index contributed by atoms with van der Waals surface area (Å²) in [5.41, 5.74) is 6.50. The average Bonchev–Trinajstić information content (AvgIpc) is 2.37. The molecule has 4 nitrogen and oxygen atoms in total. The Bertz CT molecular complexity index is 763. The zero-order valence-corrected chi connectivity index (χ0v) is 12.1. The predicted molar refractivity (Wildman–Crippen MR) is 77.8 cm³/mol. The van der Waals surface area contributed by atoms with Gasteiger partial charge in [0.25, 0.3) is 10.0 Å². The van der Waals surface area contributed by atoms with Crippen LogP contribution in [0, 0.1) is 12.7 Å². The van der Waals surface area contributed by atoms with Crippen molar-refractivity contribution in [1.29, 1.82) is 0 Å². The normalized spacial score (nSPS) is 11.3. The molecular weight excluding hydrogens is 303 g/mol. The average molecular weight is 315 g/mol. The molecular formula is C13H12ClFN2O2S. The van der Waals surface area contributed by atoms with Gasteiger partial charge in [-0.25, -0.2) is 12.8 Å². The van der Waals surface area contributed by atoms with Crippen LogP contribution in [0.3, 0.4) is 0 Å². The Kier molecular flexibility index (Phi) is 3.87. The van der Waals surface area contributed by atoms with Crippen LogP contribution in [-0.2, 0) is 10.0 Å². The maximum atomic E-state index is 13.6. The molecule has 0 radical (unpaired) electrons. The van der Waals surface area contributed by atoms with Crippen LogP contribution in [0.5, 0.6) is 0 Å². The van der Waals surface area contributed by atoms with Crippen LogP contribution in [0.1, 0.15) is 5.56 Å². The lowest BCUT2D eigenvalue weighted by atomic mass is 10.2. The summed E-state index contributed by atoms with van der Waals surface area (Å²) >= 11 is 5.92. The van der Waals surface area contributed by atoms with Crippen LogP contribution in [0.4, 0.5) is 15.8 Å². The number of nitrogens with one attached hydrogen (secondary N) is 1.